The van der Waals surface area contributed by atoms with Crippen LogP contribution in [-0.2, 0) is 5.11 Å². The molecule has 0 unspecified atom stereocenters. The molecule has 0 amide bonds. The number of anilines is 2. The van der Waals surface area contributed by atoms with E-state index in [4.69, 9.17) is 0 Å². The molecule has 1 aromatic heterocycles. The van der Waals surface area contributed by atoms with Crippen LogP contribution in [0.1, 0.15) is 12.8 Å². The van der Waals surface area contributed by atoms with Crippen LogP contribution in [-0.4, -0.2) is 24.1 Å². The predicted octanol–water partition coefficient (Wildman–Crippen LogP) is 4.60. The van der Waals surface area contributed by atoms with Gasteiger partial charge in [0.1, 0.15) is 5.82 Å². The zero-order valence-electron chi connectivity index (χ0n) is 13.8. The fourth-order valence-corrected chi connectivity index (χ4v) is 3.44. The number of aromatic nitrogens is 1. The molecule has 5 heteroatoms. The van der Waals surface area contributed by atoms with Crippen molar-refractivity contribution in [3.63, 3.8) is 0 Å². The second kappa shape index (κ2) is 6.59. The van der Waals surface area contributed by atoms with Crippen molar-refractivity contribution < 1.29 is 9.50 Å². The minimum absolute atomic E-state index is 0.194. The van der Waals surface area contributed by atoms with Crippen LogP contribution >= 0.6 is 0 Å². The highest BCUT2D eigenvalue weighted by atomic mass is 19.1. The highest BCUT2D eigenvalue weighted by Gasteiger charge is 2.21. The Labute approximate surface area is 145 Å². The number of hydrogen-bond acceptors (Lipinski definition) is 3. The lowest BCUT2D eigenvalue weighted by Gasteiger charge is -2.35. The number of benzene rings is 2. The Morgan fingerprint density at radius 3 is 2.52 bits per heavy atom. The average molecular weight is 336 g/mol. The molecule has 4 rings (SSSR count). The van der Waals surface area contributed by atoms with Gasteiger partial charge in [-0.3, -0.25) is 5.11 Å². The first-order valence-electron chi connectivity index (χ1n) is 8.53. The highest BCUT2D eigenvalue weighted by molar-refractivity contribution is 5.92. The maximum atomic E-state index is 13.0. The first-order valence-corrected chi connectivity index (χ1v) is 8.53. The normalized spacial score (nSPS) is 15.5. The Kier molecular flexibility index (Phi) is 4.14. The molecule has 25 heavy (non-hydrogen) atoms. The summed E-state index contributed by atoms with van der Waals surface area (Å²) in [6, 6.07) is 16.2. The molecule has 1 N–H and O–H groups in total. The summed E-state index contributed by atoms with van der Waals surface area (Å²) in [6.07, 6.45) is 1.92. The van der Waals surface area contributed by atoms with Gasteiger partial charge in [-0.15, -0.1) is 0 Å². The lowest BCUT2D eigenvalue weighted by molar-refractivity contribution is 0.339. The molecule has 0 saturated carbocycles. The molecule has 1 aliphatic rings. The number of fused-ring (bicyclic) bond motifs is 1. The Hall–Kier alpha value is -2.82. The highest BCUT2D eigenvalue weighted by Crippen LogP contribution is 2.31. The SMILES string of the molecule is [O]c1cc(N2CCC(Nc3ccc(F)cc3)CC2)c2ccccc2n1. The number of halogens is 1. The van der Waals surface area contributed by atoms with Crippen LogP contribution in [0.15, 0.2) is 54.6 Å². The van der Waals surface area contributed by atoms with E-state index in [0.29, 0.717) is 6.04 Å². The molecule has 4 nitrogen and oxygen atoms in total. The first-order chi connectivity index (χ1) is 12.2. The summed E-state index contributed by atoms with van der Waals surface area (Å²) >= 11 is 0. The molecule has 0 bridgehead atoms. The van der Waals surface area contributed by atoms with Gasteiger partial charge in [0, 0.05) is 36.3 Å². The van der Waals surface area contributed by atoms with Crippen molar-refractivity contribution in [2.45, 2.75) is 18.9 Å². The van der Waals surface area contributed by atoms with Crippen molar-refractivity contribution in [2.24, 2.45) is 0 Å². The smallest absolute Gasteiger partial charge is 0.272 e. The monoisotopic (exact) mass is 336 g/mol. The molecule has 127 valence electrons. The minimum Gasteiger partial charge on any atom is -0.382 e. The molecule has 0 spiro atoms. The maximum Gasteiger partial charge on any atom is 0.272 e. The van der Waals surface area contributed by atoms with Crippen LogP contribution in [0.5, 0.6) is 5.88 Å². The van der Waals surface area contributed by atoms with E-state index in [1.807, 2.05) is 24.3 Å². The molecule has 1 aliphatic heterocycles. The van der Waals surface area contributed by atoms with Crippen molar-refractivity contribution in [1.82, 2.24) is 4.98 Å². The largest absolute Gasteiger partial charge is 0.382 e. The summed E-state index contributed by atoms with van der Waals surface area (Å²) in [6.45, 7) is 1.73. The van der Waals surface area contributed by atoms with Crippen LogP contribution in [0.4, 0.5) is 15.8 Å². The Balaban J connectivity index is 1.48. The number of rotatable bonds is 3. The van der Waals surface area contributed by atoms with Gasteiger partial charge in [-0.2, -0.15) is 0 Å². The van der Waals surface area contributed by atoms with Crippen LogP contribution in [0.25, 0.3) is 10.9 Å². The van der Waals surface area contributed by atoms with Gasteiger partial charge in [-0.1, -0.05) is 18.2 Å². The van der Waals surface area contributed by atoms with Crippen LogP contribution in [0, 0.1) is 5.82 Å². The maximum absolute atomic E-state index is 13.0. The van der Waals surface area contributed by atoms with Crippen LogP contribution < -0.4 is 10.2 Å². The van der Waals surface area contributed by atoms with Gasteiger partial charge >= 0.3 is 0 Å². The topological polar surface area (TPSA) is 48.1 Å². The molecule has 2 aromatic carbocycles. The Morgan fingerprint density at radius 2 is 1.76 bits per heavy atom. The van der Waals surface area contributed by atoms with Crippen molar-refractivity contribution in [3.05, 3.63) is 60.4 Å². The molecule has 1 fully saturated rings. The van der Waals surface area contributed by atoms with E-state index in [2.05, 4.69) is 15.2 Å². The molecule has 0 atom stereocenters. The quantitative estimate of drug-likeness (QED) is 0.760. The number of nitrogens with zero attached hydrogens (tertiary/aromatic N) is 2. The zero-order valence-corrected chi connectivity index (χ0v) is 13.8. The van der Waals surface area contributed by atoms with Crippen molar-refractivity contribution >= 4 is 22.3 Å². The van der Waals surface area contributed by atoms with Gasteiger partial charge in [0.05, 0.1) is 11.2 Å². The molecule has 1 saturated heterocycles. The Morgan fingerprint density at radius 1 is 1.04 bits per heavy atom. The summed E-state index contributed by atoms with van der Waals surface area (Å²) < 4.78 is 13.0. The third-order valence-electron chi connectivity index (χ3n) is 4.72. The lowest BCUT2D eigenvalue weighted by Crippen LogP contribution is -2.39. The number of piperidine rings is 1. The second-order valence-electron chi connectivity index (χ2n) is 6.41. The third kappa shape index (κ3) is 3.36. The molecule has 1 radical (unpaired) electrons. The number of pyridine rings is 1. The van der Waals surface area contributed by atoms with Crippen LogP contribution in [0.3, 0.4) is 0 Å². The van der Waals surface area contributed by atoms with E-state index in [1.165, 1.54) is 12.1 Å². The second-order valence-corrected chi connectivity index (χ2v) is 6.41. The summed E-state index contributed by atoms with van der Waals surface area (Å²) in [4.78, 5) is 6.34. The van der Waals surface area contributed by atoms with Crippen molar-refractivity contribution in [2.75, 3.05) is 23.3 Å². The summed E-state index contributed by atoms with van der Waals surface area (Å²) in [5.41, 5.74) is 2.66. The number of nitrogens with one attached hydrogen (secondary N) is 1. The van der Waals surface area contributed by atoms with Gasteiger partial charge < -0.3 is 10.2 Å². The zero-order chi connectivity index (χ0) is 17.2. The van der Waals surface area contributed by atoms with E-state index in [9.17, 15) is 9.50 Å². The van der Waals surface area contributed by atoms with E-state index in [1.54, 1.807) is 18.2 Å². The van der Waals surface area contributed by atoms with Gasteiger partial charge in [0.25, 0.3) is 5.88 Å². The molecular formula is C20H19FN3O. The Bertz CT molecular complexity index is 874. The van der Waals surface area contributed by atoms with E-state index < -0.39 is 0 Å². The van der Waals surface area contributed by atoms with Gasteiger partial charge in [0.2, 0.25) is 0 Å². The molecule has 2 heterocycles. The molecule has 0 aliphatic carbocycles. The predicted molar refractivity (Wildman–Crippen MR) is 97.1 cm³/mol. The van der Waals surface area contributed by atoms with Gasteiger partial charge in [-0.05, 0) is 43.2 Å². The van der Waals surface area contributed by atoms with Crippen molar-refractivity contribution in [1.29, 1.82) is 0 Å². The van der Waals surface area contributed by atoms with E-state index in [-0.39, 0.29) is 11.7 Å². The van der Waals surface area contributed by atoms with Crippen molar-refractivity contribution in [3.8, 4) is 5.88 Å². The number of hydrogen-bond donors (Lipinski definition) is 1. The number of para-hydroxylation sites is 1. The standard InChI is InChI=1S/C20H19FN3O/c21-14-5-7-15(8-6-14)22-16-9-11-24(12-10-16)19-13-20(25)23-18-4-2-1-3-17(18)19/h1-8,13,16,22H,9-12H2. The molecule has 3 aromatic rings. The lowest BCUT2D eigenvalue weighted by atomic mass is 10.0. The molecular weight excluding hydrogens is 317 g/mol. The van der Waals surface area contributed by atoms with Gasteiger partial charge in [-0.25, -0.2) is 9.37 Å². The average Bonchev–Trinajstić information content (AvgIpc) is 2.63. The fourth-order valence-electron chi connectivity index (χ4n) is 3.44. The minimum atomic E-state index is -0.224. The van der Waals surface area contributed by atoms with Crippen LogP contribution in [0.2, 0.25) is 0 Å². The van der Waals surface area contributed by atoms with E-state index >= 15 is 0 Å². The third-order valence-corrected chi connectivity index (χ3v) is 4.72. The van der Waals surface area contributed by atoms with Gasteiger partial charge in [0.15, 0.2) is 0 Å². The fraction of sp³-hybridized carbons (Fsp3) is 0.250. The summed E-state index contributed by atoms with van der Waals surface area (Å²) in [5.74, 6) is -0.418. The summed E-state index contributed by atoms with van der Waals surface area (Å²) in [5, 5.41) is 16.4. The first kappa shape index (κ1) is 15.7. The summed E-state index contributed by atoms with van der Waals surface area (Å²) in [7, 11) is 0. The van der Waals surface area contributed by atoms with E-state index in [0.717, 1.165) is 48.2 Å².